The Hall–Kier alpha value is -2.53. The standard InChI is InChI=1S/C19H19FN2O2/c1-12-16(6-3-7-17(12)20)19(18(23)22-24)9-8-14(11-19)15-5-4-10-21-13(15)2/h3-7,10-11,24H,8-9H2,1-2H3,(H,22,23). The number of allylic oxidation sites excluding steroid dienone is 1. The van der Waals surface area contributed by atoms with Crippen molar-refractivity contribution in [1.29, 1.82) is 0 Å². The van der Waals surface area contributed by atoms with E-state index in [1.807, 2.05) is 25.1 Å². The Morgan fingerprint density at radius 1 is 1.29 bits per heavy atom. The number of nitrogens with zero attached hydrogens (tertiary/aromatic N) is 1. The van der Waals surface area contributed by atoms with Crippen molar-refractivity contribution in [3.63, 3.8) is 0 Å². The third kappa shape index (κ3) is 2.51. The lowest BCUT2D eigenvalue weighted by Gasteiger charge is -2.27. The highest BCUT2D eigenvalue weighted by molar-refractivity contribution is 5.94. The minimum absolute atomic E-state index is 0.364. The van der Waals surface area contributed by atoms with Crippen molar-refractivity contribution in [3.05, 3.63) is 70.8 Å². The Balaban J connectivity index is 2.18. The number of rotatable bonds is 3. The lowest BCUT2D eigenvalue weighted by atomic mass is 9.77. The van der Waals surface area contributed by atoms with E-state index in [4.69, 9.17) is 0 Å². The Bertz CT molecular complexity index is 832. The molecular formula is C19H19FN2O2. The van der Waals surface area contributed by atoms with Crippen LogP contribution in [0.5, 0.6) is 0 Å². The average Bonchev–Trinajstić information content (AvgIpc) is 3.03. The first-order chi connectivity index (χ1) is 11.5. The van der Waals surface area contributed by atoms with Crippen LogP contribution in [0.3, 0.4) is 0 Å². The van der Waals surface area contributed by atoms with Gasteiger partial charge in [0.05, 0.1) is 5.41 Å². The second-order valence-corrected chi connectivity index (χ2v) is 6.13. The van der Waals surface area contributed by atoms with Crippen LogP contribution in [0.1, 0.15) is 35.2 Å². The van der Waals surface area contributed by atoms with Crippen LogP contribution in [0.2, 0.25) is 0 Å². The smallest absolute Gasteiger partial charge is 0.257 e. The van der Waals surface area contributed by atoms with Crippen LogP contribution in [-0.2, 0) is 10.2 Å². The number of aromatic nitrogens is 1. The SMILES string of the molecule is Cc1ncccc1C1=CC(C(=O)NO)(c2cccc(F)c2C)CC1. The van der Waals surface area contributed by atoms with Crippen molar-refractivity contribution < 1.29 is 14.4 Å². The molecule has 1 atom stereocenters. The number of aryl methyl sites for hydroxylation is 1. The quantitative estimate of drug-likeness (QED) is 0.671. The van der Waals surface area contributed by atoms with Gasteiger partial charge < -0.3 is 0 Å². The third-order valence-corrected chi connectivity index (χ3v) is 4.82. The molecule has 2 N–H and O–H groups in total. The van der Waals surface area contributed by atoms with Gasteiger partial charge in [-0.1, -0.05) is 24.3 Å². The molecule has 124 valence electrons. The van der Waals surface area contributed by atoms with E-state index >= 15 is 0 Å². The van der Waals surface area contributed by atoms with Gasteiger partial charge in [0.15, 0.2) is 0 Å². The molecule has 0 radical (unpaired) electrons. The maximum absolute atomic E-state index is 14.0. The van der Waals surface area contributed by atoms with Crippen molar-refractivity contribution >= 4 is 11.5 Å². The number of pyridine rings is 1. The zero-order valence-corrected chi connectivity index (χ0v) is 13.6. The highest BCUT2D eigenvalue weighted by Gasteiger charge is 2.43. The summed E-state index contributed by atoms with van der Waals surface area (Å²) >= 11 is 0. The largest absolute Gasteiger partial charge is 0.289 e. The summed E-state index contributed by atoms with van der Waals surface area (Å²) in [6.45, 7) is 3.56. The zero-order chi connectivity index (χ0) is 17.3. The molecule has 2 aromatic rings. The number of halogens is 1. The van der Waals surface area contributed by atoms with Gasteiger partial charge in [-0.15, -0.1) is 0 Å². The van der Waals surface area contributed by atoms with Gasteiger partial charge in [0.1, 0.15) is 5.82 Å². The summed E-state index contributed by atoms with van der Waals surface area (Å²) in [5, 5.41) is 9.26. The predicted octanol–water partition coefficient (Wildman–Crippen LogP) is 3.46. The number of benzene rings is 1. The van der Waals surface area contributed by atoms with Crippen molar-refractivity contribution in [1.82, 2.24) is 10.5 Å². The number of carbonyl (C=O) groups excluding carboxylic acids is 1. The highest BCUT2D eigenvalue weighted by atomic mass is 19.1. The van der Waals surface area contributed by atoms with Gasteiger partial charge in [-0.2, -0.15) is 0 Å². The van der Waals surface area contributed by atoms with Crippen LogP contribution < -0.4 is 5.48 Å². The second-order valence-electron chi connectivity index (χ2n) is 6.13. The summed E-state index contributed by atoms with van der Waals surface area (Å²) in [7, 11) is 0. The molecule has 1 aliphatic carbocycles. The van der Waals surface area contributed by atoms with E-state index in [2.05, 4.69) is 4.98 Å². The van der Waals surface area contributed by atoms with E-state index in [9.17, 15) is 14.4 Å². The Morgan fingerprint density at radius 3 is 2.79 bits per heavy atom. The van der Waals surface area contributed by atoms with E-state index in [0.29, 0.717) is 24.0 Å². The fourth-order valence-electron chi connectivity index (χ4n) is 3.51. The van der Waals surface area contributed by atoms with E-state index in [1.165, 1.54) is 6.07 Å². The molecule has 1 aromatic carbocycles. The molecule has 1 aromatic heterocycles. The Labute approximate surface area is 140 Å². The van der Waals surface area contributed by atoms with Crippen LogP contribution >= 0.6 is 0 Å². The van der Waals surface area contributed by atoms with Gasteiger partial charge in [0.2, 0.25) is 0 Å². The Morgan fingerprint density at radius 2 is 2.08 bits per heavy atom. The van der Waals surface area contributed by atoms with Gasteiger partial charge >= 0.3 is 0 Å². The van der Waals surface area contributed by atoms with Gasteiger partial charge in [-0.25, -0.2) is 9.87 Å². The van der Waals surface area contributed by atoms with E-state index in [1.54, 1.807) is 30.7 Å². The maximum Gasteiger partial charge on any atom is 0.257 e. The molecule has 0 spiro atoms. The predicted molar refractivity (Wildman–Crippen MR) is 88.9 cm³/mol. The van der Waals surface area contributed by atoms with E-state index < -0.39 is 11.3 Å². The number of amides is 1. The van der Waals surface area contributed by atoms with Crippen LogP contribution in [0, 0.1) is 19.7 Å². The highest BCUT2D eigenvalue weighted by Crippen LogP contribution is 2.44. The molecule has 4 nitrogen and oxygen atoms in total. The summed E-state index contributed by atoms with van der Waals surface area (Å²) in [6.07, 6.45) is 4.67. The van der Waals surface area contributed by atoms with Crippen molar-refractivity contribution in [2.45, 2.75) is 32.1 Å². The molecule has 0 saturated heterocycles. The maximum atomic E-state index is 14.0. The third-order valence-electron chi connectivity index (χ3n) is 4.82. The molecule has 5 heteroatoms. The number of hydrogen-bond donors (Lipinski definition) is 2. The fourth-order valence-corrected chi connectivity index (χ4v) is 3.51. The number of hydrogen-bond acceptors (Lipinski definition) is 3. The van der Waals surface area contributed by atoms with Crippen molar-refractivity contribution in [2.24, 2.45) is 0 Å². The normalized spacial score (nSPS) is 19.9. The molecule has 24 heavy (non-hydrogen) atoms. The summed E-state index contributed by atoms with van der Waals surface area (Å²) in [5.74, 6) is -0.912. The number of carbonyl (C=O) groups is 1. The van der Waals surface area contributed by atoms with Gasteiger partial charge in [0.25, 0.3) is 5.91 Å². The van der Waals surface area contributed by atoms with Gasteiger partial charge in [-0.3, -0.25) is 15.0 Å². The number of hydroxylamine groups is 1. The molecule has 0 fully saturated rings. The molecule has 0 aliphatic heterocycles. The zero-order valence-electron chi connectivity index (χ0n) is 13.6. The van der Waals surface area contributed by atoms with Crippen molar-refractivity contribution in [3.8, 4) is 0 Å². The van der Waals surface area contributed by atoms with E-state index in [-0.39, 0.29) is 5.82 Å². The monoisotopic (exact) mass is 326 g/mol. The molecule has 0 saturated carbocycles. The van der Waals surface area contributed by atoms with Crippen LogP contribution in [-0.4, -0.2) is 16.1 Å². The first kappa shape index (κ1) is 16.3. The molecule has 0 bridgehead atoms. The molecule has 3 rings (SSSR count). The summed E-state index contributed by atoms with van der Waals surface area (Å²) in [5.41, 5.74) is 4.49. The summed E-state index contributed by atoms with van der Waals surface area (Å²) in [6, 6.07) is 8.50. The summed E-state index contributed by atoms with van der Waals surface area (Å²) in [4.78, 5) is 16.8. The molecular weight excluding hydrogens is 307 g/mol. The average molecular weight is 326 g/mol. The minimum Gasteiger partial charge on any atom is -0.289 e. The molecule has 1 aliphatic rings. The molecule has 1 amide bonds. The van der Waals surface area contributed by atoms with Crippen molar-refractivity contribution in [2.75, 3.05) is 0 Å². The fraction of sp³-hybridized carbons (Fsp3) is 0.263. The summed E-state index contributed by atoms with van der Waals surface area (Å²) < 4.78 is 14.0. The Kier molecular flexibility index (Phi) is 4.20. The minimum atomic E-state index is -1.08. The first-order valence-electron chi connectivity index (χ1n) is 7.83. The lowest BCUT2D eigenvalue weighted by Crippen LogP contribution is -2.41. The van der Waals surface area contributed by atoms with Gasteiger partial charge in [0, 0.05) is 11.9 Å². The molecule has 1 heterocycles. The van der Waals surface area contributed by atoms with E-state index in [0.717, 1.165) is 16.8 Å². The van der Waals surface area contributed by atoms with Crippen LogP contribution in [0.4, 0.5) is 4.39 Å². The van der Waals surface area contributed by atoms with Crippen LogP contribution in [0.25, 0.3) is 5.57 Å². The van der Waals surface area contributed by atoms with Crippen LogP contribution in [0.15, 0.2) is 42.6 Å². The first-order valence-corrected chi connectivity index (χ1v) is 7.83. The van der Waals surface area contributed by atoms with Gasteiger partial charge in [-0.05, 0) is 61.1 Å². The number of nitrogens with one attached hydrogen (secondary N) is 1. The topological polar surface area (TPSA) is 62.2 Å². The second kappa shape index (κ2) is 6.17. The lowest BCUT2D eigenvalue weighted by molar-refractivity contribution is -0.133. The molecule has 1 unspecified atom stereocenters.